The van der Waals surface area contributed by atoms with Crippen LogP contribution in [0.5, 0.6) is 0 Å². The summed E-state index contributed by atoms with van der Waals surface area (Å²) in [5.41, 5.74) is 1.10. The van der Waals surface area contributed by atoms with E-state index in [1.807, 2.05) is 37.3 Å². The van der Waals surface area contributed by atoms with Crippen molar-refractivity contribution in [2.45, 2.75) is 65.8 Å². The fourth-order valence-corrected chi connectivity index (χ4v) is 3.06. The minimum atomic E-state index is -0.614. The number of rotatable bonds is 13. The highest BCUT2D eigenvalue weighted by molar-refractivity contribution is 5.79. The van der Waals surface area contributed by atoms with Gasteiger partial charge in [0.2, 0.25) is 0 Å². The predicted octanol–water partition coefficient (Wildman–Crippen LogP) is 2.63. The minimum absolute atomic E-state index is 0.273. The van der Waals surface area contributed by atoms with E-state index >= 15 is 0 Å². The number of guanidine groups is 1. The van der Waals surface area contributed by atoms with Gasteiger partial charge in [-0.1, -0.05) is 30.3 Å². The van der Waals surface area contributed by atoms with Crippen molar-refractivity contribution in [1.29, 1.82) is 0 Å². The monoisotopic (exact) mass is 392 g/mol. The van der Waals surface area contributed by atoms with E-state index in [1.54, 1.807) is 0 Å². The van der Waals surface area contributed by atoms with Crippen molar-refractivity contribution < 1.29 is 9.84 Å². The van der Waals surface area contributed by atoms with Crippen LogP contribution in [0.2, 0.25) is 0 Å². The van der Waals surface area contributed by atoms with E-state index < -0.39 is 6.10 Å². The van der Waals surface area contributed by atoms with Gasteiger partial charge in [0, 0.05) is 31.7 Å². The van der Waals surface area contributed by atoms with Crippen LogP contribution in [0, 0.1) is 0 Å². The maximum atomic E-state index is 10.1. The van der Waals surface area contributed by atoms with Gasteiger partial charge in [-0.25, -0.2) is 0 Å². The maximum absolute atomic E-state index is 10.1. The number of ether oxygens (including phenoxy) is 1. The second kappa shape index (κ2) is 14.4. The van der Waals surface area contributed by atoms with Crippen molar-refractivity contribution in [2.75, 3.05) is 32.8 Å². The zero-order valence-corrected chi connectivity index (χ0v) is 18.3. The lowest BCUT2D eigenvalue weighted by Gasteiger charge is -2.30. The Labute approximate surface area is 171 Å². The molecule has 0 radical (unpaired) electrons. The van der Waals surface area contributed by atoms with Crippen LogP contribution >= 0.6 is 0 Å². The van der Waals surface area contributed by atoms with E-state index in [0.717, 1.165) is 37.6 Å². The number of nitrogens with one attached hydrogen (secondary N) is 2. The summed E-state index contributed by atoms with van der Waals surface area (Å²) in [4.78, 5) is 6.96. The molecule has 0 heterocycles. The molecule has 3 N–H and O–H groups in total. The van der Waals surface area contributed by atoms with Gasteiger partial charge in [-0.2, -0.15) is 0 Å². The summed E-state index contributed by atoms with van der Waals surface area (Å²) in [6.45, 7) is 14.8. The summed E-state index contributed by atoms with van der Waals surface area (Å²) < 4.78 is 5.58. The summed E-state index contributed by atoms with van der Waals surface area (Å²) >= 11 is 0. The molecule has 6 nitrogen and oxygen atoms in total. The van der Waals surface area contributed by atoms with Crippen LogP contribution < -0.4 is 10.6 Å². The van der Waals surface area contributed by atoms with Crippen LogP contribution in [0.25, 0.3) is 0 Å². The zero-order chi connectivity index (χ0) is 20.8. The van der Waals surface area contributed by atoms with Gasteiger partial charge in [-0.05, 0) is 46.6 Å². The van der Waals surface area contributed by atoms with E-state index in [1.165, 1.54) is 0 Å². The normalized spacial score (nSPS) is 13.4. The Hall–Kier alpha value is -1.63. The molecule has 0 spiro atoms. The SMILES string of the molecule is CCNC(=NCC(O)COCc1ccccc1)NCCCN(C(C)C)C(C)C. The first-order valence-electron chi connectivity index (χ1n) is 10.5. The standard InChI is InChI=1S/C22H40N4O2/c1-6-23-22(24-13-10-14-26(18(2)3)19(4)5)25-15-21(27)17-28-16-20-11-8-7-9-12-20/h7-9,11-12,18-19,21,27H,6,10,13-17H2,1-5H3,(H2,23,24,25). The van der Waals surface area contributed by atoms with Gasteiger partial charge >= 0.3 is 0 Å². The van der Waals surface area contributed by atoms with Gasteiger partial charge < -0.3 is 20.5 Å². The molecule has 0 amide bonds. The first-order valence-corrected chi connectivity index (χ1v) is 10.5. The molecule has 0 aromatic heterocycles. The third-order valence-corrected chi connectivity index (χ3v) is 4.44. The molecular formula is C22H40N4O2. The quantitative estimate of drug-likeness (QED) is 0.274. The van der Waals surface area contributed by atoms with E-state index in [0.29, 0.717) is 25.2 Å². The Morgan fingerprint density at radius 3 is 2.39 bits per heavy atom. The maximum Gasteiger partial charge on any atom is 0.191 e. The van der Waals surface area contributed by atoms with Gasteiger partial charge in [-0.15, -0.1) is 0 Å². The van der Waals surface area contributed by atoms with Crippen LogP contribution in [0.3, 0.4) is 0 Å². The van der Waals surface area contributed by atoms with Crippen LogP contribution in [0.4, 0.5) is 0 Å². The number of aliphatic hydroxyl groups is 1. The molecule has 6 heteroatoms. The molecule has 0 aliphatic carbocycles. The summed E-state index contributed by atoms with van der Waals surface area (Å²) in [6, 6.07) is 11.1. The number of aliphatic imine (C=N–C) groups is 1. The molecule has 1 aromatic carbocycles. The lowest BCUT2D eigenvalue weighted by atomic mass is 10.2. The summed E-state index contributed by atoms with van der Waals surface area (Å²) in [5.74, 6) is 0.741. The number of benzene rings is 1. The third kappa shape index (κ3) is 10.6. The smallest absolute Gasteiger partial charge is 0.191 e. The molecule has 0 saturated carbocycles. The summed E-state index contributed by atoms with van der Waals surface area (Å²) in [6.07, 6.45) is 0.431. The highest BCUT2D eigenvalue weighted by atomic mass is 16.5. The zero-order valence-electron chi connectivity index (χ0n) is 18.3. The van der Waals surface area contributed by atoms with Gasteiger partial charge in [0.25, 0.3) is 0 Å². The molecular weight excluding hydrogens is 352 g/mol. The van der Waals surface area contributed by atoms with Crippen molar-refractivity contribution in [3.63, 3.8) is 0 Å². The number of aliphatic hydroxyl groups excluding tert-OH is 1. The van der Waals surface area contributed by atoms with E-state index in [2.05, 4.69) is 48.2 Å². The van der Waals surface area contributed by atoms with Crippen molar-refractivity contribution in [1.82, 2.24) is 15.5 Å². The molecule has 28 heavy (non-hydrogen) atoms. The van der Waals surface area contributed by atoms with Crippen molar-refractivity contribution in [2.24, 2.45) is 4.99 Å². The topological polar surface area (TPSA) is 69.1 Å². The third-order valence-electron chi connectivity index (χ3n) is 4.44. The highest BCUT2D eigenvalue weighted by Gasteiger charge is 2.12. The van der Waals surface area contributed by atoms with E-state index in [4.69, 9.17) is 4.74 Å². The fraction of sp³-hybridized carbons (Fsp3) is 0.682. The lowest BCUT2D eigenvalue weighted by Crippen LogP contribution is -2.41. The summed E-state index contributed by atoms with van der Waals surface area (Å²) in [7, 11) is 0. The first kappa shape index (κ1) is 24.4. The van der Waals surface area contributed by atoms with Gasteiger partial charge in [0.05, 0.1) is 25.9 Å². The van der Waals surface area contributed by atoms with Crippen molar-refractivity contribution >= 4 is 5.96 Å². The first-order chi connectivity index (χ1) is 13.4. The molecule has 0 bridgehead atoms. The minimum Gasteiger partial charge on any atom is -0.389 e. The van der Waals surface area contributed by atoms with E-state index in [9.17, 15) is 5.11 Å². The van der Waals surface area contributed by atoms with Crippen molar-refractivity contribution in [3.8, 4) is 0 Å². The fourth-order valence-electron chi connectivity index (χ4n) is 3.06. The van der Waals surface area contributed by atoms with Gasteiger partial charge in [0.1, 0.15) is 0 Å². The molecule has 1 rings (SSSR count). The molecule has 0 aliphatic heterocycles. The second-order valence-corrected chi connectivity index (χ2v) is 7.58. The molecule has 1 unspecified atom stereocenters. The summed E-state index contributed by atoms with van der Waals surface area (Å²) in [5, 5.41) is 16.7. The number of nitrogens with zero attached hydrogens (tertiary/aromatic N) is 2. The van der Waals surface area contributed by atoms with Gasteiger partial charge in [-0.3, -0.25) is 9.89 Å². The number of hydrogen-bond donors (Lipinski definition) is 3. The van der Waals surface area contributed by atoms with Gasteiger partial charge in [0.15, 0.2) is 5.96 Å². The van der Waals surface area contributed by atoms with Crippen LogP contribution in [0.1, 0.15) is 46.6 Å². The van der Waals surface area contributed by atoms with Crippen LogP contribution in [-0.4, -0.2) is 66.9 Å². The second-order valence-electron chi connectivity index (χ2n) is 7.58. The van der Waals surface area contributed by atoms with Crippen molar-refractivity contribution in [3.05, 3.63) is 35.9 Å². The highest BCUT2D eigenvalue weighted by Crippen LogP contribution is 2.05. The molecule has 160 valence electrons. The molecule has 0 aliphatic rings. The Balaban J connectivity index is 2.31. The Morgan fingerprint density at radius 1 is 1.11 bits per heavy atom. The molecule has 0 fully saturated rings. The molecule has 1 atom stereocenters. The average Bonchev–Trinajstić information content (AvgIpc) is 2.66. The Bertz CT molecular complexity index is 527. The lowest BCUT2D eigenvalue weighted by molar-refractivity contribution is 0.0331. The largest absolute Gasteiger partial charge is 0.389 e. The van der Waals surface area contributed by atoms with Crippen LogP contribution in [0.15, 0.2) is 35.3 Å². The average molecular weight is 393 g/mol. The predicted molar refractivity (Wildman–Crippen MR) is 118 cm³/mol. The van der Waals surface area contributed by atoms with Crippen LogP contribution in [-0.2, 0) is 11.3 Å². The molecule has 0 saturated heterocycles. The number of hydrogen-bond acceptors (Lipinski definition) is 4. The Morgan fingerprint density at radius 2 is 1.79 bits per heavy atom. The molecule has 1 aromatic rings. The Kier molecular flexibility index (Phi) is 12.5. The van der Waals surface area contributed by atoms with E-state index in [-0.39, 0.29) is 6.61 Å².